The number of hydrogen-bond acceptors (Lipinski definition) is 5. The molecule has 94 valence electrons. The molecule has 7 nitrogen and oxygen atoms in total. The molecule has 0 bridgehead atoms. The molecule has 0 aliphatic carbocycles. The van der Waals surface area contributed by atoms with Gasteiger partial charge in [-0.25, -0.2) is 4.79 Å². The maximum absolute atomic E-state index is 11.5. The first-order valence-corrected chi connectivity index (χ1v) is 6.35. The van der Waals surface area contributed by atoms with E-state index in [1.165, 1.54) is 14.2 Å². The molecule has 0 aliphatic rings. The van der Waals surface area contributed by atoms with Crippen molar-refractivity contribution in [3.8, 4) is 0 Å². The van der Waals surface area contributed by atoms with Gasteiger partial charge in [0.2, 0.25) is 0 Å². The minimum atomic E-state index is -3.29. The molecule has 0 aromatic heterocycles. The van der Waals surface area contributed by atoms with Gasteiger partial charge in [-0.15, -0.1) is 0 Å². The molecule has 0 fully saturated rings. The van der Waals surface area contributed by atoms with Crippen molar-refractivity contribution in [3.63, 3.8) is 0 Å². The van der Waals surface area contributed by atoms with E-state index in [1.807, 2.05) is 0 Å². The predicted octanol–water partition coefficient (Wildman–Crippen LogP) is 1.09. The topological polar surface area (TPSA) is 102 Å². The second kappa shape index (κ2) is 7.38. The van der Waals surface area contributed by atoms with Gasteiger partial charge in [-0.3, -0.25) is 9.36 Å². The molecule has 0 heterocycles. The average molecular weight is 253 g/mol. The number of ketones is 1. The van der Waals surface area contributed by atoms with Crippen LogP contribution in [0.15, 0.2) is 0 Å². The van der Waals surface area contributed by atoms with Gasteiger partial charge < -0.3 is 19.5 Å². The highest BCUT2D eigenvalue weighted by Crippen LogP contribution is 2.46. The molecule has 0 spiro atoms. The Morgan fingerprint density at radius 2 is 1.88 bits per heavy atom. The fourth-order valence-corrected chi connectivity index (χ4v) is 1.98. The summed E-state index contributed by atoms with van der Waals surface area (Å²) in [6, 6.07) is 0. The number of carbonyl (C=O) groups excluding carboxylic acids is 1. The Hall–Kier alpha value is -0.910. The number of rotatable bonds is 8. The van der Waals surface area contributed by atoms with E-state index in [2.05, 4.69) is 14.4 Å². The first-order chi connectivity index (χ1) is 7.43. The molecule has 0 unspecified atom stereocenters. The van der Waals surface area contributed by atoms with E-state index in [0.717, 1.165) is 0 Å². The van der Waals surface area contributed by atoms with Crippen LogP contribution in [0.25, 0.3) is 0 Å². The van der Waals surface area contributed by atoms with E-state index in [0.29, 0.717) is 6.42 Å². The zero-order valence-electron chi connectivity index (χ0n) is 9.26. The summed E-state index contributed by atoms with van der Waals surface area (Å²) in [7, 11) is -0.868. The first-order valence-electron chi connectivity index (χ1n) is 4.62. The molecule has 8 heteroatoms. The van der Waals surface area contributed by atoms with Gasteiger partial charge in [0.05, 0.1) is 0 Å². The summed E-state index contributed by atoms with van der Waals surface area (Å²) < 4.78 is 20.7. The van der Waals surface area contributed by atoms with E-state index in [-0.39, 0.29) is 24.9 Å². The summed E-state index contributed by atoms with van der Waals surface area (Å²) in [4.78, 5) is 21.4. The van der Waals surface area contributed by atoms with Crippen LogP contribution in [0.2, 0.25) is 0 Å². The van der Waals surface area contributed by atoms with Gasteiger partial charge in [0.15, 0.2) is 0 Å². The van der Waals surface area contributed by atoms with E-state index < -0.39 is 13.7 Å². The van der Waals surface area contributed by atoms with Crippen molar-refractivity contribution in [2.75, 3.05) is 26.9 Å². The average Bonchev–Trinajstić information content (AvgIpc) is 2.24. The number of amides is 1. The second-order valence-corrected chi connectivity index (χ2v) is 5.28. The van der Waals surface area contributed by atoms with Crippen molar-refractivity contribution in [1.29, 1.82) is 0 Å². The van der Waals surface area contributed by atoms with Gasteiger partial charge in [0.25, 0.3) is 0 Å². The number of hydrogen-bond donors (Lipinski definition) is 2. The minimum Gasteiger partial charge on any atom is -0.465 e. The monoisotopic (exact) mass is 253 g/mol. The van der Waals surface area contributed by atoms with Gasteiger partial charge in [-0.2, -0.15) is 0 Å². The largest absolute Gasteiger partial charge is 0.465 e. The Kier molecular flexibility index (Phi) is 6.96. The van der Waals surface area contributed by atoms with Crippen molar-refractivity contribution in [1.82, 2.24) is 5.32 Å². The molecule has 0 saturated carbocycles. The lowest BCUT2D eigenvalue weighted by Gasteiger charge is -2.12. The number of Topliss-reactive ketones (excluding diaryl/α,β-unsaturated/α-hetero) is 1. The van der Waals surface area contributed by atoms with Crippen LogP contribution in [0.5, 0.6) is 0 Å². The smallest absolute Gasteiger partial charge is 0.404 e. The lowest BCUT2D eigenvalue weighted by Crippen LogP contribution is -2.22. The fourth-order valence-electron chi connectivity index (χ4n) is 0.980. The summed E-state index contributed by atoms with van der Waals surface area (Å²) >= 11 is 0. The van der Waals surface area contributed by atoms with Crippen LogP contribution in [0.4, 0.5) is 4.79 Å². The molecule has 0 aromatic rings. The summed E-state index contributed by atoms with van der Waals surface area (Å²) in [5, 5.41) is 10.4. The maximum atomic E-state index is 11.5. The Balaban J connectivity index is 3.82. The summed E-state index contributed by atoms with van der Waals surface area (Å²) in [6.07, 6.45) is -0.922. The lowest BCUT2D eigenvalue weighted by atomic mass is 10.2. The molecule has 1 amide bonds. The Bertz CT molecular complexity index is 284. The zero-order valence-corrected chi connectivity index (χ0v) is 10.2. The summed E-state index contributed by atoms with van der Waals surface area (Å²) in [6.45, 7) is 0.186. The van der Waals surface area contributed by atoms with Crippen LogP contribution in [-0.4, -0.2) is 43.9 Å². The van der Waals surface area contributed by atoms with Crippen molar-refractivity contribution in [3.05, 3.63) is 0 Å². The van der Waals surface area contributed by atoms with Crippen molar-refractivity contribution in [2.24, 2.45) is 0 Å². The van der Waals surface area contributed by atoms with E-state index in [4.69, 9.17) is 5.11 Å². The van der Waals surface area contributed by atoms with Crippen LogP contribution in [0, 0.1) is 0 Å². The highest BCUT2D eigenvalue weighted by molar-refractivity contribution is 7.54. The van der Waals surface area contributed by atoms with E-state index in [1.54, 1.807) is 0 Å². The normalized spacial score (nSPS) is 11.1. The molecule has 0 saturated heterocycles. The number of carboxylic acid groups (broad SMARTS) is 1. The number of carbonyl (C=O) groups is 2. The van der Waals surface area contributed by atoms with Crippen LogP contribution < -0.4 is 5.32 Å². The van der Waals surface area contributed by atoms with Gasteiger partial charge >= 0.3 is 13.7 Å². The molecule has 0 radical (unpaired) electrons. The van der Waals surface area contributed by atoms with Crippen molar-refractivity contribution < 1.29 is 28.3 Å². The Morgan fingerprint density at radius 1 is 1.31 bits per heavy atom. The number of nitrogens with one attached hydrogen (secondary N) is 1. The standard InChI is InChI=1S/C8H16NO6P/c1-14-16(13,15-2)6-7(10)4-3-5-9-8(11)12/h9H,3-6H2,1-2H3,(H,11,12). The molecule has 2 N–H and O–H groups in total. The van der Waals surface area contributed by atoms with Crippen LogP contribution >= 0.6 is 7.60 Å². The van der Waals surface area contributed by atoms with Crippen molar-refractivity contribution >= 4 is 19.5 Å². The summed E-state index contributed by atoms with van der Waals surface area (Å²) in [5.41, 5.74) is 0. The third kappa shape index (κ3) is 6.55. The molecular formula is C8H16NO6P. The molecule has 0 aliphatic heterocycles. The Labute approximate surface area is 93.7 Å². The van der Waals surface area contributed by atoms with Crippen molar-refractivity contribution in [2.45, 2.75) is 12.8 Å². The van der Waals surface area contributed by atoms with Crippen LogP contribution in [-0.2, 0) is 18.4 Å². The molecule has 0 aromatic carbocycles. The molecular weight excluding hydrogens is 237 g/mol. The van der Waals surface area contributed by atoms with Gasteiger partial charge in [0.1, 0.15) is 11.9 Å². The highest BCUT2D eigenvalue weighted by atomic mass is 31.2. The quantitative estimate of drug-likeness (QED) is 0.496. The zero-order chi connectivity index (χ0) is 12.6. The predicted molar refractivity (Wildman–Crippen MR) is 56.8 cm³/mol. The molecule has 0 atom stereocenters. The van der Waals surface area contributed by atoms with E-state index >= 15 is 0 Å². The summed E-state index contributed by atoms with van der Waals surface area (Å²) in [5.74, 6) is -0.278. The third-order valence-corrected chi connectivity index (χ3v) is 3.69. The SMILES string of the molecule is COP(=O)(CC(=O)CCCNC(=O)O)OC. The second-order valence-electron chi connectivity index (χ2n) is 3.01. The lowest BCUT2D eigenvalue weighted by molar-refractivity contribution is -0.117. The fraction of sp³-hybridized carbons (Fsp3) is 0.750. The maximum Gasteiger partial charge on any atom is 0.404 e. The molecule has 0 rings (SSSR count). The Morgan fingerprint density at radius 3 is 2.31 bits per heavy atom. The van der Waals surface area contributed by atoms with Crippen LogP contribution in [0.3, 0.4) is 0 Å². The third-order valence-electron chi connectivity index (χ3n) is 1.83. The van der Waals surface area contributed by atoms with Gasteiger partial charge in [0, 0.05) is 27.2 Å². The van der Waals surface area contributed by atoms with Crippen LogP contribution in [0.1, 0.15) is 12.8 Å². The van der Waals surface area contributed by atoms with Gasteiger partial charge in [-0.05, 0) is 6.42 Å². The highest BCUT2D eigenvalue weighted by Gasteiger charge is 2.24. The first kappa shape index (κ1) is 15.1. The minimum absolute atomic E-state index is 0.136. The molecule has 16 heavy (non-hydrogen) atoms. The van der Waals surface area contributed by atoms with Gasteiger partial charge in [-0.1, -0.05) is 0 Å². The van der Waals surface area contributed by atoms with E-state index in [9.17, 15) is 14.2 Å².